The second kappa shape index (κ2) is 7.18. The van der Waals surface area contributed by atoms with E-state index in [-0.39, 0.29) is 12.7 Å². The molecular formula is C19H17N3O4. The molecule has 1 aliphatic heterocycles. The van der Waals surface area contributed by atoms with Crippen molar-refractivity contribution in [2.75, 3.05) is 12.1 Å². The lowest BCUT2D eigenvalue weighted by molar-refractivity contribution is 0.0947. The van der Waals surface area contributed by atoms with Crippen LogP contribution in [0.5, 0.6) is 11.5 Å². The Balaban J connectivity index is 1.37. The Bertz CT molecular complexity index is 909. The van der Waals surface area contributed by atoms with E-state index in [0.717, 1.165) is 22.7 Å². The molecule has 1 aromatic carbocycles. The van der Waals surface area contributed by atoms with Crippen LogP contribution in [0.2, 0.25) is 0 Å². The molecule has 7 heteroatoms. The molecule has 132 valence electrons. The summed E-state index contributed by atoms with van der Waals surface area (Å²) in [5.41, 5.74) is 2.28. The largest absolute Gasteiger partial charge is 0.467 e. The number of furan rings is 1. The molecule has 3 aromatic rings. The molecule has 3 heterocycles. The highest BCUT2D eigenvalue weighted by Crippen LogP contribution is 2.32. The molecule has 0 aliphatic carbocycles. The Morgan fingerprint density at radius 1 is 1.08 bits per heavy atom. The van der Waals surface area contributed by atoms with E-state index >= 15 is 0 Å². The van der Waals surface area contributed by atoms with Gasteiger partial charge >= 0.3 is 0 Å². The summed E-state index contributed by atoms with van der Waals surface area (Å²) >= 11 is 0. The van der Waals surface area contributed by atoms with E-state index in [0.29, 0.717) is 24.4 Å². The number of hydrogen-bond acceptors (Lipinski definition) is 6. The van der Waals surface area contributed by atoms with Crippen LogP contribution in [0.1, 0.15) is 21.7 Å². The monoisotopic (exact) mass is 351 g/mol. The maximum absolute atomic E-state index is 12.2. The van der Waals surface area contributed by atoms with Crippen molar-refractivity contribution < 1.29 is 18.7 Å². The molecule has 0 unspecified atom stereocenters. The minimum Gasteiger partial charge on any atom is -0.467 e. The van der Waals surface area contributed by atoms with Crippen LogP contribution < -0.4 is 20.1 Å². The van der Waals surface area contributed by atoms with Crippen molar-refractivity contribution in [2.24, 2.45) is 0 Å². The third kappa shape index (κ3) is 3.61. The molecule has 7 nitrogen and oxygen atoms in total. The Kier molecular flexibility index (Phi) is 4.42. The number of anilines is 1. The van der Waals surface area contributed by atoms with Crippen molar-refractivity contribution in [1.29, 1.82) is 0 Å². The van der Waals surface area contributed by atoms with E-state index in [9.17, 15) is 4.79 Å². The number of carbonyl (C=O) groups is 1. The topological polar surface area (TPSA) is 85.6 Å². The molecule has 0 bridgehead atoms. The van der Waals surface area contributed by atoms with Crippen LogP contribution in [0.4, 0.5) is 5.69 Å². The third-order valence-electron chi connectivity index (χ3n) is 3.94. The third-order valence-corrected chi connectivity index (χ3v) is 3.94. The van der Waals surface area contributed by atoms with Gasteiger partial charge in [-0.2, -0.15) is 0 Å². The van der Waals surface area contributed by atoms with E-state index in [1.807, 2.05) is 24.3 Å². The minimum atomic E-state index is -0.208. The van der Waals surface area contributed by atoms with Gasteiger partial charge in [0.05, 0.1) is 24.1 Å². The Labute approximate surface area is 150 Å². The number of nitrogens with zero attached hydrogens (tertiary/aromatic N) is 1. The number of hydrogen-bond donors (Lipinski definition) is 2. The van der Waals surface area contributed by atoms with E-state index < -0.39 is 0 Å². The van der Waals surface area contributed by atoms with Gasteiger partial charge in [0.1, 0.15) is 5.76 Å². The predicted molar refractivity (Wildman–Crippen MR) is 94.0 cm³/mol. The van der Waals surface area contributed by atoms with Gasteiger partial charge < -0.3 is 24.5 Å². The average molecular weight is 351 g/mol. The first-order valence-electron chi connectivity index (χ1n) is 8.16. The zero-order valence-corrected chi connectivity index (χ0v) is 13.9. The van der Waals surface area contributed by atoms with Crippen LogP contribution in [0.3, 0.4) is 0 Å². The van der Waals surface area contributed by atoms with E-state index in [4.69, 9.17) is 13.9 Å². The molecule has 4 rings (SSSR count). The molecule has 1 aliphatic rings. The number of aromatic nitrogens is 1. The lowest BCUT2D eigenvalue weighted by atomic mass is 10.2. The van der Waals surface area contributed by atoms with Crippen LogP contribution in [0.15, 0.2) is 59.5 Å². The van der Waals surface area contributed by atoms with Crippen LogP contribution in [-0.2, 0) is 13.1 Å². The number of pyridine rings is 1. The molecule has 0 radical (unpaired) electrons. The molecule has 0 atom stereocenters. The van der Waals surface area contributed by atoms with Gasteiger partial charge in [0.25, 0.3) is 5.91 Å². The molecule has 0 fully saturated rings. The summed E-state index contributed by atoms with van der Waals surface area (Å²) in [4.78, 5) is 16.4. The predicted octanol–water partition coefficient (Wildman–Crippen LogP) is 2.95. The van der Waals surface area contributed by atoms with Gasteiger partial charge in [0.15, 0.2) is 11.5 Å². The number of carbonyl (C=O) groups excluding carboxylic acids is 1. The molecule has 0 saturated heterocycles. The molecule has 0 spiro atoms. The molecular weight excluding hydrogens is 334 g/mol. The first-order chi connectivity index (χ1) is 12.8. The summed E-state index contributed by atoms with van der Waals surface area (Å²) in [5.74, 6) is 1.99. The Hall–Kier alpha value is -3.48. The first kappa shape index (κ1) is 16.0. The van der Waals surface area contributed by atoms with Gasteiger partial charge in [-0.25, -0.2) is 0 Å². The van der Waals surface area contributed by atoms with E-state index in [1.165, 1.54) is 6.20 Å². The maximum atomic E-state index is 12.2. The second-order valence-electron chi connectivity index (χ2n) is 5.77. The lowest BCUT2D eigenvalue weighted by Crippen LogP contribution is -2.22. The zero-order chi connectivity index (χ0) is 17.8. The van der Waals surface area contributed by atoms with Crippen molar-refractivity contribution >= 4 is 11.6 Å². The van der Waals surface area contributed by atoms with E-state index in [1.54, 1.807) is 24.6 Å². The second-order valence-corrected chi connectivity index (χ2v) is 5.77. The molecule has 1 amide bonds. The van der Waals surface area contributed by atoms with Crippen molar-refractivity contribution in [3.63, 3.8) is 0 Å². The van der Waals surface area contributed by atoms with Crippen molar-refractivity contribution in [3.8, 4) is 11.5 Å². The van der Waals surface area contributed by atoms with Crippen LogP contribution >= 0.6 is 0 Å². The maximum Gasteiger partial charge on any atom is 0.253 e. The van der Waals surface area contributed by atoms with Gasteiger partial charge in [0.2, 0.25) is 6.79 Å². The average Bonchev–Trinajstić information content (AvgIpc) is 3.35. The summed E-state index contributed by atoms with van der Waals surface area (Å²) in [5, 5.41) is 6.06. The lowest BCUT2D eigenvalue weighted by Gasteiger charge is -2.09. The molecule has 2 N–H and O–H groups in total. The fourth-order valence-electron chi connectivity index (χ4n) is 2.60. The highest BCUT2D eigenvalue weighted by molar-refractivity contribution is 5.94. The van der Waals surface area contributed by atoms with E-state index in [2.05, 4.69) is 15.6 Å². The summed E-state index contributed by atoms with van der Waals surface area (Å²) in [6, 6.07) is 11.1. The fraction of sp³-hybridized carbons (Fsp3) is 0.158. The minimum absolute atomic E-state index is 0.208. The first-order valence-corrected chi connectivity index (χ1v) is 8.16. The number of benzene rings is 1. The number of fused-ring (bicyclic) bond motifs is 1. The van der Waals surface area contributed by atoms with Gasteiger partial charge in [-0.15, -0.1) is 0 Å². The van der Waals surface area contributed by atoms with Crippen LogP contribution in [0, 0.1) is 0 Å². The molecule has 0 saturated carbocycles. The Morgan fingerprint density at radius 3 is 2.88 bits per heavy atom. The summed E-state index contributed by atoms with van der Waals surface area (Å²) in [6.07, 6.45) is 4.78. The van der Waals surface area contributed by atoms with Crippen molar-refractivity contribution in [3.05, 3.63) is 71.9 Å². The van der Waals surface area contributed by atoms with Gasteiger partial charge in [-0.05, 0) is 35.9 Å². The van der Waals surface area contributed by atoms with Crippen molar-refractivity contribution in [1.82, 2.24) is 10.3 Å². The van der Waals surface area contributed by atoms with Gasteiger partial charge in [-0.3, -0.25) is 9.78 Å². The van der Waals surface area contributed by atoms with Gasteiger partial charge in [0, 0.05) is 18.9 Å². The smallest absolute Gasteiger partial charge is 0.253 e. The zero-order valence-electron chi connectivity index (χ0n) is 13.9. The highest BCUT2D eigenvalue weighted by atomic mass is 16.7. The number of nitrogens with one attached hydrogen (secondary N) is 2. The number of amides is 1. The molecule has 26 heavy (non-hydrogen) atoms. The SMILES string of the molecule is O=C(NCc1ccco1)c1cncc(NCc2ccc3c(c2)OCO3)c1. The van der Waals surface area contributed by atoms with Crippen molar-refractivity contribution in [2.45, 2.75) is 13.1 Å². The molecule has 2 aromatic heterocycles. The van der Waals surface area contributed by atoms with Crippen LogP contribution in [-0.4, -0.2) is 17.7 Å². The fourth-order valence-corrected chi connectivity index (χ4v) is 2.60. The quantitative estimate of drug-likeness (QED) is 0.710. The number of rotatable bonds is 6. The van der Waals surface area contributed by atoms with Gasteiger partial charge in [-0.1, -0.05) is 6.07 Å². The van der Waals surface area contributed by atoms with Crippen LogP contribution in [0.25, 0.3) is 0 Å². The summed E-state index contributed by atoms with van der Waals surface area (Å²) in [7, 11) is 0. The normalized spacial score (nSPS) is 12.0. The standard InChI is InChI=1S/C19H17N3O4/c23-19(22-11-16-2-1-5-24-16)14-7-15(10-20-9-14)21-8-13-3-4-17-18(6-13)26-12-25-17/h1-7,9-10,21H,8,11-12H2,(H,22,23). The Morgan fingerprint density at radius 2 is 2.00 bits per heavy atom. The number of ether oxygens (including phenoxy) is 2. The highest BCUT2D eigenvalue weighted by Gasteiger charge is 2.13. The summed E-state index contributed by atoms with van der Waals surface area (Å²) in [6.45, 7) is 1.17. The summed E-state index contributed by atoms with van der Waals surface area (Å²) < 4.78 is 15.9.